The van der Waals surface area contributed by atoms with Crippen LogP contribution in [0.5, 0.6) is 0 Å². The topological polar surface area (TPSA) is 52.9 Å². The molecule has 102 valence electrons. The normalized spacial score (nSPS) is 13.4. The summed E-state index contributed by atoms with van der Waals surface area (Å²) in [6.07, 6.45) is 0.505. The highest BCUT2D eigenvalue weighted by Crippen LogP contribution is 2.21. The predicted octanol–water partition coefficient (Wildman–Crippen LogP) is 3.40. The van der Waals surface area contributed by atoms with Crippen LogP contribution in [0, 0.1) is 16.7 Å². The summed E-state index contributed by atoms with van der Waals surface area (Å²) in [6.45, 7) is 3.96. The lowest BCUT2D eigenvalue weighted by Crippen LogP contribution is -2.37. The summed E-state index contributed by atoms with van der Waals surface area (Å²) in [6, 6.07) is 16.2. The van der Waals surface area contributed by atoms with Gasteiger partial charge in [-0.25, -0.2) is 0 Å². The number of hydrogen-bond acceptors (Lipinski definition) is 2. The van der Waals surface area contributed by atoms with Gasteiger partial charge in [-0.2, -0.15) is 5.26 Å². The molecular formula is C17H18N2O. The Morgan fingerprint density at radius 3 is 2.65 bits per heavy atom. The van der Waals surface area contributed by atoms with Crippen molar-refractivity contribution < 1.29 is 4.79 Å². The van der Waals surface area contributed by atoms with Crippen molar-refractivity contribution in [2.75, 3.05) is 0 Å². The van der Waals surface area contributed by atoms with Gasteiger partial charge in [0.25, 0.3) is 0 Å². The molecular weight excluding hydrogens is 248 g/mol. The molecule has 0 spiro atoms. The number of nitrogens with zero attached hydrogens (tertiary/aromatic N) is 1. The number of fused-ring (bicyclic) bond motifs is 1. The van der Waals surface area contributed by atoms with Gasteiger partial charge < -0.3 is 5.32 Å². The molecule has 0 saturated carbocycles. The second kappa shape index (κ2) is 5.75. The maximum Gasteiger partial charge on any atom is 0.240 e. The number of carbonyl (C=O) groups is 1. The van der Waals surface area contributed by atoms with Crippen LogP contribution in [0.4, 0.5) is 0 Å². The molecule has 0 saturated heterocycles. The van der Waals surface area contributed by atoms with E-state index >= 15 is 0 Å². The molecule has 0 aliphatic carbocycles. The number of carbonyl (C=O) groups excluding carboxylic acids is 1. The molecule has 0 fully saturated rings. The number of benzene rings is 2. The van der Waals surface area contributed by atoms with Crippen LogP contribution in [0.2, 0.25) is 0 Å². The van der Waals surface area contributed by atoms with Crippen LogP contribution >= 0.6 is 0 Å². The molecule has 3 heteroatoms. The summed E-state index contributed by atoms with van der Waals surface area (Å²) in [5, 5.41) is 14.3. The number of nitriles is 1. The Morgan fingerprint density at radius 2 is 1.95 bits per heavy atom. The lowest BCUT2D eigenvalue weighted by Gasteiger charge is -2.19. The molecule has 0 bridgehead atoms. The van der Waals surface area contributed by atoms with E-state index in [4.69, 9.17) is 5.26 Å². The number of amides is 1. The standard InChI is InChI=1S/C17H18N2O/c1-3-17(2,12-18)16(20)19-11-14-9-6-8-13-7-4-5-10-15(13)14/h4-10H,3,11H2,1-2H3,(H,19,20). The minimum absolute atomic E-state index is 0.213. The minimum atomic E-state index is -0.954. The Bertz CT molecular complexity index is 667. The second-order valence-corrected chi connectivity index (χ2v) is 5.12. The van der Waals surface area contributed by atoms with Crippen LogP contribution in [0.15, 0.2) is 42.5 Å². The van der Waals surface area contributed by atoms with E-state index in [-0.39, 0.29) is 5.91 Å². The minimum Gasteiger partial charge on any atom is -0.351 e. The molecule has 1 amide bonds. The van der Waals surface area contributed by atoms with E-state index in [0.717, 1.165) is 16.3 Å². The van der Waals surface area contributed by atoms with Crippen LogP contribution in [-0.2, 0) is 11.3 Å². The fraction of sp³-hybridized carbons (Fsp3) is 0.294. The summed E-state index contributed by atoms with van der Waals surface area (Å²) in [4.78, 5) is 12.1. The van der Waals surface area contributed by atoms with Crippen LogP contribution in [-0.4, -0.2) is 5.91 Å². The summed E-state index contributed by atoms with van der Waals surface area (Å²) >= 11 is 0. The van der Waals surface area contributed by atoms with Crippen LogP contribution in [0.25, 0.3) is 10.8 Å². The Morgan fingerprint density at radius 1 is 1.25 bits per heavy atom. The number of nitrogens with one attached hydrogen (secondary N) is 1. The first-order chi connectivity index (χ1) is 9.60. The zero-order valence-electron chi connectivity index (χ0n) is 11.8. The zero-order chi connectivity index (χ0) is 14.6. The van der Waals surface area contributed by atoms with Gasteiger partial charge in [0.05, 0.1) is 6.07 Å². The molecule has 2 rings (SSSR count). The molecule has 1 N–H and O–H groups in total. The van der Waals surface area contributed by atoms with E-state index in [1.165, 1.54) is 0 Å². The summed E-state index contributed by atoms with van der Waals surface area (Å²) in [7, 11) is 0. The lowest BCUT2D eigenvalue weighted by atomic mass is 9.88. The van der Waals surface area contributed by atoms with Crippen LogP contribution in [0.1, 0.15) is 25.8 Å². The van der Waals surface area contributed by atoms with Gasteiger partial charge in [-0.1, -0.05) is 49.4 Å². The average Bonchev–Trinajstić information content (AvgIpc) is 2.51. The average molecular weight is 266 g/mol. The van der Waals surface area contributed by atoms with Gasteiger partial charge in [0, 0.05) is 6.54 Å². The van der Waals surface area contributed by atoms with Crippen molar-refractivity contribution in [3.8, 4) is 6.07 Å². The number of hydrogen-bond donors (Lipinski definition) is 1. The lowest BCUT2D eigenvalue weighted by molar-refractivity contribution is -0.127. The molecule has 3 nitrogen and oxygen atoms in total. The van der Waals surface area contributed by atoms with E-state index in [9.17, 15) is 4.79 Å². The molecule has 0 aromatic heterocycles. The van der Waals surface area contributed by atoms with E-state index in [2.05, 4.69) is 11.4 Å². The Kier molecular flexibility index (Phi) is 4.05. The molecule has 0 heterocycles. The smallest absolute Gasteiger partial charge is 0.240 e. The van der Waals surface area contributed by atoms with Crippen molar-refractivity contribution in [1.29, 1.82) is 5.26 Å². The molecule has 0 radical (unpaired) electrons. The number of rotatable bonds is 4. The van der Waals surface area contributed by atoms with Crippen molar-refractivity contribution in [3.63, 3.8) is 0 Å². The fourth-order valence-corrected chi connectivity index (χ4v) is 2.11. The third-order valence-electron chi connectivity index (χ3n) is 3.77. The molecule has 2 aromatic rings. The van der Waals surface area contributed by atoms with Gasteiger partial charge in [-0.3, -0.25) is 4.79 Å². The SMILES string of the molecule is CCC(C)(C#N)C(=O)NCc1cccc2ccccc12. The van der Waals surface area contributed by atoms with Crippen molar-refractivity contribution >= 4 is 16.7 Å². The second-order valence-electron chi connectivity index (χ2n) is 5.12. The molecule has 20 heavy (non-hydrogen) atoms. The molecule has 0 aliphatic heterocycles. The zero-order valence-corrected chi connectivity index (χ0v) is 11.8. The predicted molar refractivity (Wildman–Crippen MR) is 79.8 cm³/mol. The van der Waals surface area contributed by atoms with Gasteiger partial charge >= 0.3 is 0 Å². The third-order valence-corrected chi connectivity index (χ3v) is 3.77. The van der Waals surface area contributed by atoms with Crippen LogP contribution < -0.4 is 5.32 Å². The quantitative estimate of drug-likeness (QED) is 0.922. The van der Waals surface area contributed by atoms with Crippen LogP contribution in [0.3, 0.4) is 0 Å². The fourth-order valence-electron chi connectivity index (χ4n) is 2.11. The first-order valence-electron chi connectivity index (χ1n) is 6.77. The van der Waals surface area contributed by atoms with Crippen molar-refractivity contribution in [2.24, 2.45) is 5.41 Å². The van der Waals surface area contributed by atoms with E-state index in [1.54, 1.807) is 6.92 Å². The third kappa shape index (κ3) is 2.65. The Hall–Kier alpha value is -2.34. The van der Waals surface area contributed by atoms with E-state index in [0.29, 0.717) is 13.0 Å². The Labute approximate surface area is 119 Å². The van der Waals surface area contributed by atoms with E-state index < -0.39 is 5.41 Å². The summed E-state index contributed by atoms with van der Waals surface area (Å²) < 4.78 is 0. The summed E-state index contributed by atoms with van der Waals surface area (Å²) in [5.74, 6) is -0.213. The Balaban J connectivity index is 2.18. The van der Waals surface area contributed by atoms with Gasteiger partial charge in [0.15, 0.2) is 0 Å². The van der Waals surface area contributed by atoms with Gasteiger partial charge in [-0.05, 0) is 29.7 Å². The largest absolute Gasteiger partial charge is 0.351 e. The van der Waals surface area contributed by atoms with E-state index in [1.807, 2.05) is 49.4 Å². The molecule has 1 unspecified atom stereocenters. The maximum absolute atomic E-state index is 12.1. The van der Waals surface area contributed by atoms with Gasteiger partial charge in [-0.15, -0.1) is 0 Å². The first kappa shape index (κ1) is 14.1. The highest BCUT2D eigenvalue weighted by atomic mass is 16.2. The monoisotopic (exact) mass is 266 g/mol. The maximum atomic E-state index is 12.1. The highest BCUT2D eigenvalue weighted by Gasteiger charge is 2.30. The molecule has 1 atom stereocenters. The van der Waals surface area contributed by atoms with Crippen molar-refractivity contribution in [3.05, 3.63) is 48.0 Å². The first-order valence-corrected chi connectivity index (χ1v) is 6.77. The van der Waals surface area contributed by atoms with Crippen molar-refractivity contribution in [1.82, 2.24) is 5.32 Å². The van der Waals surface area contributed by atoms with Crippen molar-refractivity contribution in [2.45, 2.75) is 26.8 Å². The molecule has 0 aliphatic rings. The van der Waals surface area contributed by atoms with Gasteiger partial charge in [0.1, 0.15) is 5.41 Å². The highest BCUT2D eigenvalue weighted by molar-refractivity contribution is 5.87. The summed E-state index contributed by atoms with van der Waals surface area (Å²) in [5.41, 5.74) is 0.109. The molecule has 2 aromatic carbocycles. The van der Waals surface area contributed by atoms with Gasteiger partial charge in [0.2, 0.25) is 5.91 Å².